The molecule has 1 atom stereocenters. The van der Waals surface area contributed by atoms with Crippen molar-refractivity contribution >= 4 is 27.9 Å². The van der Waals surface area contributed by atoms with Gasteiger partial charge in [0.2, 0.25) is 11.9 Å². The fraction of sp³-hybridized carbons (Fsp3) is 0.423. The Balaban J connectivity index is 1.55. The van der Waals surface area contributed by atoms with Crippen molar-refractivity contribution in [2.75, 3.05) is 17.5 Å². The number of unbranched alkanes of at least 4 members (excludes halogenated alkanes) is 3. The van der Waals surface area contributed by atoms with E-state index < -0.39 is 0 Å². The van der Waals surface area contributed by atoms with Crippen LogP contribution in [0, 0.1) is 6.92 Å². The fourth-order valence-electron chi connectivity index (χ4n) is 4.45. The van der Waals surface area contributed by atoms with Crippen LogP contribution in [-0.2, 0) is 12.8 Å². The van der Waals surface area contributed by atoms with Crippen LogP contribution in [0.1, 0.15) is 66.8 Å². The quantitative estimate of drug-likeness (QED) is 0.358. The highest BCUT2D eigenvalue weighted by Crippen LogP contribution is 2.38. The third-order valence-electron chi connectivity index (χ3n) is 6.43. The summed E-state index contributed by atoms with van der Waals surface area (Å²) >= 11 is 1.64. The van der Waals surface area contributed by atoms with E-state index in [9.17, 15) is 0 Å². The molecule has 0 spiro atoms. The summed E-state index contributed by atoms with van der Waals surface area (Å²) in [6, 6.07) is 10.3. The normalized spacial score (nSPS) is 16.9. The minimum atomic E-state index is 0.104. The first-order valence-corrected chi connectivity index (χ1v) is 12.8. The largest absolute Gasteiger partial charge is 0.454 e. The van der Waals surface area contributed by atoms with Gasteiger partial charge in [0.1, 0.15) is 5.01 Å². The molecular weight excluding hydrogens is 446 g/mol. The monoisotopic (exact) mass is 477 g/mol. The van der Waals surface area contributed by atoms with Gasteiger partial charge in [-0.05, 0) is 62.1 Å². The van der Waals surface area contributed by atoms with Gasteiger partial charge >= 0.3 is 0 Å². The van der Waals surface area contributed by atoms with E-state index in [4.69, 9.17) is 20.3 Å². The van der Waals surface area contributed by atoms with E-state index in [1.54, 1.807) is 11.3 Å². The van der Waals surface area contributed by atoms with E-state index in [2.05, 4.69) is 42.2 Å². The fourth-order valence-corrected chi connectivity index (χ4v) is 5.38. The second kappa shape index (κ2) is 9.62. The third-order valence-corrected chi connectivity index (χ3v) is 7.41. The SMILES string of the molecule is CCCCCCc1nnc(N2N=C(c3ccc(N)c(C)c3)c3cc4c(cc3C[C@H]2C)OCO4)s1. The van der Waals surface area contributed by atoms with E-state index in [1.807, 2.05) is 24.1 Å². The molecule has 178 valence electrons. The summed E-state index contributed by atoms with van der Waals surface area (Å²) in [5, 5.41) is 18.1. The predicted molar refractivity (Wildman–Crippen MR) is 137 cm³/mol. The Morgan fingerprint density at radius 3 is 2.71 bits per heavy atom. The summed E-state index contributed by atoms with van der Waals surface area (Å²) in [4.78, 5) is 0. The molecule has 0 amide bonds. The molecule has 0 unspecified atom stereocenters. The molecule has 2 N–H and O–H groups in total. The molecule has 2 aliphatic heterocycles. The lowest BCUT2D eigenvalue weighted by atomic mass is 9.93. The van der Waals surface area contributed by atoms with Gasteiger partial charge < -0.3 is 15.2 Å². The lowest BCUT2D eigenvalue weighted by Crippen LogP contribution is -2.29. The van der Waals surface area contributed by atoms with Gasteiger partial charge in [0.15, 0.2) is 11.5 Å². The van der Waals surface area contributed by atoms with Gasteiger partial charge in [0.05, 0.1) is 11.8 Å². The van der Waals surface area contributed by atoms with Crippen molar-refractivity contribution < 1.29 is 9.47 Å². The molecule has 2 aliphatic rings. The van der Waals surface area contributed by atoms with Crippen LogP contribution in [0.5, 0.6) is 11.5 Å². The minimum absolute atomic E-state index is 0.104. The Labute approximate surface area is 204 Å². The Morgan fingerprint density at radius 1 is 1.09 bits per heavy atom. The predicted octanol–water partition coefficient (Wildman–Crippen LogP) is 5.48. The number of nitrogen functional groups attached to an aromatic ring is 1. The van der Waals surface area contributed by atoms with Gasteiger partial charge in [-0.1, -0.05) is 43.6 Å². The Morgan fingerprint density at radius 2 is 1.91 bits per heavy atom. The standard InChI is InChI=1S/C26H31N5O2S/c1-4-5-6-7-8-24-28-29-26(34-24)31-17(3)12-19-13-22-23(33-15-32-22)14-20(19)25(30-31)18-9-10-21(27)16(2)11-18/h9-11,13-14,17H,4-8,12,15,27H2,1-3H3/t17-/m1/s1. The van der Waals surface area contributed by atoms with E-state index >= 15 is 0 Å². The topological polar surface area (TPSA) is 85.9 Å². The molecule has 7 nitrogen and oxygen atoms in total. The lowest BCUT2D eigenvalue weighted by Gasteiger charge is -2.22. The maximum absolute atomic E-state index is 6.12. The number of rotatable bonds is 7. The minimum Gasteiger partial charge on any atom is -0.454 e. The van der Waals surface area contributed by atoms with E-state index in [-0.39, 0.29) is 12.8 Å². The zero-order chi connectivity index (χ0) is 23.7. The highest BCUT2D eigenvalue weighted by atomic mass is 32.1. The highest BCUT2D eigenvalue weighted by Gasteiger charge is 2.29. The summed E-state index contributed by atoms with van der Waals surface area (Å²) in [7, 11) is 0. The zero-order valence-electron chi connectivity index (χ0n) is 20.0. The van der Waals surface area contributed by atoms with E-state index in [0.717, 1.165) is 69.0 Å². The molecule has 0 saturated heterocycles. The number of anilines is 2. The van der Waals surface area contributed by atoms with Gasteiger partial charge in [0.25, 0.3) is 0 Å². The molecule has 0 radical (unpaired) electrons. The average molecular weight is 478 g/mol. The van der Waals surface area contributed by atoms with Gasteiger partial charge in [0, 0.05) is 23.2 Å². The third kappa shape index (κ3) is 4.46. The van der Waals surface area contributed by atoms with Crippen molar-refractivity contribution in [1.29, 1.82) is 0 Å². The van der Waals surface area contributed by atoms with Crippen molar-refractivity contribution in [2.24, 2.45) is 5.10 Å². The van der Waals surface area contributed by atoms with Crippen molar-refractivity contribution in [3.63, 3.8) is 0 Å². The maximum atomic E-state index is 6.12. The van der Waals surface area contributed by atoms with Crippen LogP contribution >= 0.6 is 11.3 Å². The van der Waals surface area contributed by atoms with E-state index in [0.29, 0.717) is 0 Å². The first-order chi connectivity index (χ1) is 16.5. The van der Waals surface area contributed by atoms with Crippen LogP contribution in [0.15, 0.2) is 35.4 Å². The first kappa shape index (κ1) is 22.7. The zero-order valence-corrected chi connectivity index (χ0v) is 20.8. The number of fused-ring (bicyclic) bond motifs is 2. The molecule has 0 saturated carbocycles. The number of nitrogens with two attached hydrogens (primary N) is 1. The maximum Gasteiger partial charge on any atom is 0.231 e. The number of hydrazone groups is 1. The Kier molecular flexibility index (Phi) is 6.41. The van der Waals surface area contributed by atoms with Crippen molar-refractivity contribution in [1.82, 2.24) is 10.2 Å². The number of aryl methyl sites for hydroxylation is 2. The molecule has 1 aromatic heterocycles. The van der Waals surface area contributed by atoms with Crippen molar-refractivity contribution in [3.8, 4) is 11.5 Å². The second-order valence-electron chi connectivity index (χ2n) is 9.07. The molecule has 0 bridgehead atoms. The summed E-state index contributed by atoms with van der Waals surface area (Å²) in [6.45, 7) is 6.68. The van der Waals surface area contributed by atoms with Crippen LogP contribution in [0.25, 0.3) is 0 Å². The highest BCUT2D eigenvalue weighted by molar-refractivity contribution is 7.15. The number of benzene rings is 2. The average Bonchev–Trinajstić information content (AvgIpc) is 3.45. The number of nitrogens with zero attached hydrogens (tertiary/aromatic N) is 4. The number of hydrogen-bond acceptors (Lipinski definition) is 8. The van der Waals surface area contributed by atoms with Crippen molar-refractivity contribution in [3.05, 3.63) is 57.6 Å². The molecule has 3 aromatic rings. The molecule has 8 heteroatoms. The summed E-state index contributed by atoms with van der Waals surface area (Å²) in [6.07, 6.45) is 6.64. The van der Waals surface area contributed by atoms with Crippen LogP contribution in [0.2, 0.25) is 0 Å². The summed E-state index contributed by atoms with van der Waals surface area (Å²) in [5.41, 5.74) is 12.0. The van der Waals surface area contributed by atoms with Gasteiger partial charge in [-0.25, -0.2) is 5.01 Å². The van der Waals surface area contributed by atoms with Gasteiger partial charge in [-0.3, -0.25) is 0 Å². The van der Waals surface area contributed by atoms with Gasteiger partial charge in [-0.15, -0.1) is 10.2 Å². The van der Waals surface area contributed by atoms with Crippen LogP contribution < -0.4 is 20.2 Å². The number of ether oxygens (including phenoxy) is 2. The number of aromatic nitrogens is 2. The molecule has 0 aliphatic carbocycles. The van der Waals surface area contributed by atoms with Crippen molar-refractivity contribution in [2.45, 2.75) is 65.3 Å². The molecular formula is C26H31N5O2S. The molecule has 3 heterocycles. The summed E-state index contributed by atoms with van der Waals surface area (Å²) < 4.78 is 11.4. The second-order valence-corrected chi connectivity index (χ2v) is 10.1. The summed E-state index contributed by atoms with van der Waals surface area (Å²) in [5.74, 6) is 1.54. The molecule has 0 fully saturated rings. The Hall–Kier alpha value is -3.13. The van der Waals surface area contributed by atoms with Crippen LogP contribution in [0.4, 0.5) is 10.8 Å². The number of hydrogen-bond donors (Lipinski definition) is 1. The molecule has 5 rings (SSSR count). The van der Waals surface area contributed by atoms with Gasteiger partial charge in [-0.2, -0.15) is 5.10 Å². The van der Waals surface area contributed by atoms with Crippen LogP contribution in [-0.4, -0.2) is 28.7 Å². The lowest BCUT2D eigenvalue weighted by molar-refractivity contribution is 0.174. The first-order valence-electron chi connectivity index (χ1n) is 12.0. The Bertz CT molecular complexity index is 1220. The molecule has 2 aromatic carbocycles. The molecule has 34 heavy (non-hydrogen) atoms. The smallest absolute Gasteiger partial charge is 0.231 e. The van der Waals surface area contributed by atoms with E-state index in [1.165, 1.54) is 24.8 Å². The van der Waals surface area contributed by atoms with Crippen LogP contribution in [0.3, 0.4) is 0 Å².